The van der Waals surface area contributed by atoms with Crippen molar-refractivity contribution in [3.63, 3.8) is 0 Å². The van der Waals surface area contributed by atoms with Crippen molar-refractivity contribution in [1.82, 2.24) is 5.32 Å². The number of methoxy groups -OCH3 is 1. The number of furan rings is 1. The minimum absolute atomic E-state index is 0.105. The Labute approximate surface area is 143 Å². The molecule has 0 aliphatic rings. The molecule has 0 bridgehead atoms. The second kappa shape index (κ2) is 7.78. The van der Waals surface area contributed by atoms with Crippen LogP contribution in [-0.4, -0.2) is 31.4 Å². The predicted molar refractivity (Wildman–Crippen MR) is 89.7 cm³/mol. The van der Waals surface area contributed by atoms with E-state index in [1.807, 2.05) is 6.92 Å². The Kier molecular flexibility index (Phi) is 5.75. The molecular weight excluding hydrogens is 332 g/mol. The number of amides is 2. The Hall–Kier alpha value is -2.61. The van der Waals surface area contributed by atoms with E-state index < -0.39 is 11.9 Å². The summed E-state index contributed by atoms with van der Waals surface area (Å²) >= 11 is 1.03. The lowest BCUT2D eigenvalue weighted by molar-refractivity contribution is 0.0601. The van der Waals surface area contributed by atoms with Crippen LogP contribution in [0.2, 0.25) is 0 Å². The van der Waals surface area contributed by atoms with Gasteiger partial charge in [-0.25, -0.2) is 4.79 Å². The van der Waals surface area contributed by atoms with Crippen LogP contribution in [0.25, 0.3) is 0 Å². The van der Waals surface area contributed by atoms with Crippen molar-refractivity contribution in [1.29, 1.82) is 0 Å². The molecule has 24 heavy (non-hydrogen) atoms. The van der Waals surface area contributed by atoms with E-state index in [2.05, 4.69) is 10.6 Å². The number of hydrogen-bond donors (Lipinski definition) is 2. The van der Waals surface area contributed by atoms with E-state index in [4.69, 9.17) is 9.15 Å². The van der Waals surface area contributed by atoms with Crippen molar-refractivity contribution >= 4 is 34.1 Å². The average Bonchev–Trinajstić information content (AvgIpc) is 3.20. The third-order valence-corrected chi connectivity index (χ3v) is 4.46. The van der Waals surface area contributed by atoms with Gasteiger partial charge in [0.05, 0.1) is 23.8 Å². The standard InChI is InChI=1S/C16H18N2O5S/c1-4-7-17-14(20)12-9(2)11(16(21)22-3)15(24-12)18-13(19)10-6-5-8-23-10/h5-6,8H,4,7H2,1-3H3,(H,17,20)(H,18,19). The first kappa shape index (κ1) is 17.7. The Morgan fingerprint density at radius 3 is 2.62 bits per heavy atom. The molecule has 0 saturated carbocycles. The van der Waals surface area contributed by atoms with Gasteiger partial charge in [-0.1, -0.05) is 6.92 Å². The molecule has 0 unspecified atom stereocenters. The van der Waals surface area contributed by atoms with E-state index in [1.54, 1.807) is 13.0 Å². The minimum atomic E-state index is -0.618. The zero-order valence-electron chi connectivity index (χ0n) is 13.6. The van der Waals surface area contributed by atoms with Gasteiger partial charge in [0, 0.05) is 6.54 Å². The highest BCUT2D eigenvalue weighted by atomic mass is 32.1. The first-order valence-electron chi connectivity index (χ1n) is 7.34. The number of carbonyl (C=O) groups excluding carboxylic acids is 3. The lowest BCUT2D eigenvalue weighted by Gasteiger charge is -2.04. The largest absolute Gasteiger partial charge is 0.465 e. The number of hydrogen-bond acceptors (Lipinski definition) is 6. The van der Waals surface area contributed by atoms with E-state index >= 15 is 0 Å². The number of nitrogens with one attached hydrogen (secondary N) is 2. The third-order valence-electron chi connectivity index (χ3n) is 3.25. The van der Waals surface area contributed by atoms with Gasteiger partial charge in [0.15, 0.2) is 5.76 Å². The van der Waals surface area contributed by atoms with Gasteiger partial charge in [0.25, 0.3) is 11.8 Å². The summed E-state index contributed by atoms with van der Waals surface area (Å²) in [5, 5.41) is 5.61. The molecular formula is C16H18N2O5S. The Bertz CT molecular complexity index is 749. The van der Waals surface area contributed by atoms with E-state index in [9.17, 15) is 14.4 Å². The molecule has 7 nitrogen and oxygen atoms in total. The molecule has 8 heteroatoms. The average molecular weight is 350 g/mol. The Balaban J connectivity index is 2.36. The van der Waals surface area contributed by atoms with Crippen LogP contribution in [0.4, 0.5) is 5.00 Å². The fraction of sp³-hybridized carbons (Fsp3) is 0.312. The summed E-state index contributed by atoms with van der Waals surface area (Å²) in [7, 11) is 1.24. The molecule has 0 fully saturated rings. The number of anilines is 1. The van der Waals surface area contributed by atoms with Gasteiger partial charge in [-0.15, -0.1) is 11.3 Å². The molecule has 0 aromatic carbocycles. The summed E-state index contributed by atoms with van der Waals surface area (Å²) in [5.41, 5.74) is 0.638. The SMILES string of the molecule is CCCNC(=O)c1sc(NC(=O)c2ccco2)c(C(=O)OC)c1C. The van der Waals surface area contributed by atoms with E-state index in [1.165, 1.54) is 19.4 Å². The monoisotopic (exact) mass is 350 g/mol. The molecule has 2 amide bonds. The normalized spacial score (nSPS) is 10.3. The van der Waals surface area contributed by atoms with Crippen molar-refractivity contribution < 1.29 is 23.5 Å². The molecule has 0 atom stereocenters. The zero-order valence-corrected chi connectivity index (χ0v) is 14.4. The molecule has 2 N–H and O–H groups in total. The van der Waals surface area contributed by atoms with Crippen LogP contribution in [0, 0.1) is 6.92 Å². The minimum Gasteiger partial charge on any atom is -0.465 e. The first-order valence-corrected chi connectivity index (χ1v) is 8.16. The fourth-order valence-electron chi connectivity index (χ4n) is 2.06. The van der Waals surface area contributed by atoms with E-state index in [0.29, 0.717) is 17.0 Å². The second-order valence-electron chi connectivity index (χ2n) is 4.94. The molecule has 2 rings (SSSR count). The summed E-state index contributed by atoms with van der Waals surface area (Å²) in [5.74, 6) is -1.31. The maximum absolute atomic E-state index is 12.2. The van der Waals surface area contributed by atoms with Gasteiger partial charge >= 0.3 is 5.97 Å². The summed E-state index contributed by atoms with van der Waals surface area (Å²) in [6.07, 6.45) is 2.17. The van der Waals surface area contributed by atoms with Crippen molar-refractivity contribution in [3.8, 4) is 0 Å². The maximum atomic E-state index is 12.2. The number of rotatable bonds is 6. The maximum Gasteiger partial charge on any atom is 0.341 e. The molecule has 128 valence electrons. The van der Waals surface area contributed by atoms with Crippen LogP contribution >= 0.6 is 11.3 Å². The number of esters is 1. The van der Waals surface area contributed by atoms with Crippen LogP contribution in [-0.2, 0) is 4.74 Å². The highest BCUT2D eigenvalue weighted by Gasteiger charge is 2.26. The van der Waals surface area contributed by atoms with E-state index in [-0.39, 0.29) is 22.2 Å². The van der Waals surface area contributed by atoms with Crippen molar-refractivity contribution in [2.45, 2.75) is 20.3 Å². The predicted octanol–water partition coefficient (Wildman–Crippen LogP) is 2.83. The molecule has 2 aromatic rings. The van der Waals surface area contributed by atoms with E-state index in [0.717, 1.165) is 17.8 Å². The summed E-state index contributed by atoms with van der Waals surface area (Å²) < 4.78 is 9.79. The Morgan fingerprint density at radius 1 is 1.29 bits per heavy atom. The zero-order chi connectivity index (χ0) is 17.7. The molecule has 0 spiro atoms. The van der Waals surface area contributed by atoms with Gasteiger partial charge in [-0.05, 0) is 31.0 Å². The molecule has 0 aliphatic heterocycles. The fourth-order valence-corrected chi connectivity index (χ4v) is 3.16. The van der Waals surface area contributed by atoms with Crippen molar-refractivity contribution in [2.24, 2.45) is 0 Å². The quantitative estimate of drug-likeness (QED) is 0.781. The van der Waals surface area contributed by atoms with Crippen LogP contribution in [0.15, 0.2) is 22.8 Å². The Morgan fingerprint density at radius 2 is 2.04 bits per heavy atom. The first-order chi connectivity index (χ1) is 11.5. The molecule has 0 saturated heterocycles. The highest BCUT2D eigenvalue weighted by molar-refractivity contribution is 7.18. The molecule has 2 aromatic heterocycles. The van der Waals surface area contributed by atoms with Crippen LogP contribution in [0.3, 0.4) is 0 Å². The molecule has 2 heterocycles. The van der Waals surface area contributed by atoms with Crippen LogP contribution in [0.5, 0.6) is 0 Å². The number of thiophene rings is 1. The van der Waals surface area contributed by atoms with Crippen molar-refractivity contribution in [2.75, 3.05) is 19.0 Å². The molecule has 0 aliphatic carbocycles. The summed E-state index contributed by atoms with van der Waals surface area (Å²) in [6, 6.07) is 3.09. The highest BCUT2D eigenvalue weighted by Crippen LogP contribution is 2.34. The van der Waals surface area contributed by atoms with Crippen LogP contribution < -0.4 is 10.6 Å². The number of carbonyl (C=O) groups is 3. The van der Waals surface area contributed by atoms with Gasteiger partial charge in [0.2, 0.25) is 0 Å². The topological polar surface area (TPSA) is 97.6 Å². The van der Waals surface area contributed by atoms with Gasteiger partial charge in [0.1, 0.15) is 5.00 Å². The van der Waals surface area contributed by atoms with Gasteiger partial charge in [-0.3, -0.25) is 9.59 Å². The van der Waals surface area contributed by atoms with Crippen molar-refractivity contribution in [3.05, 3.63) is 40.2 Å². The van der Waals surface area contributed by atoms with Gasteiger partial charge < -0.3 is 19.8 Å². The second-order valence-corrected chi connectivity index (χ2v) is 5.96. The lowest BCUT2D eigenvalue weighted by Crippen LogP contribution is -2.23. The van der Waals surface area contributed by atoms with Crippen LogP contribution in [0.1, 0.15) is 49.5 Å². The number of ether oxygens (including phenoxy) is 1. The third kappa shape index (κ3) is 3.65. The summed E-state index contributed by atoms with van der Waals surface area (Å²) in [4.78, 5) is 36.8. The lowest BCUT2D eigenvalue weighted by atomic mass is 10.1. The molecule has 0 radical (unpaired) electrons. The van der Waals surface area contributed by atoms with Gasteiger partial charge in [-0.2, -0.15) is 0 Å². The summed E-state index contributed by atoms with van der Waals surface area (Å²) in [6.45, 7) is 4.11. The smallest absolute Gasteiger partial charge is 0.341 e.